The van der Waals surface area contributed by atoms with Crippen molar-refractivity contribution < 1.29 is 0 Å². The number of aryl methyl sites for hydroxylation is 1. The summed E-state index contributed by atoms with van der Waals surface area (Å²) in [5.41, 5.74) is 4.46. The zero-order valence-corrected chi connectivity index (χ0v) is 11.2. The van der Waals surface area contributed by atoms with Crippen LogP contribution < -0.4 is 5.32 Å². The van der Waals surface area contributed by atoms with Crippen molar-refractivity contribution in [1.82, 2.24) is 24.5 Å². The summed E-state index contributed by atoms with van der Waals surface area (Å²) < 4.78 is 3.92. The molecule has 0 aliphatic carbocycles. The number of rotatable bonds is 4. The van der Waals surface area contributed by atoms with E-state index in [2.05, 4.69) is 28.5 Å². The van der Waals surface area contributed by atoms with E-state index in [0.717, 1.165) is 24.4 Å². The lowest BCUT2D eigenvalue weighted by Crippen LogP contribution is -2.13. The second kappa shape index (κ2) is 4.85. The Balaban J connectivity index is 1.64. The lowest BCUT2D eigenvalue weighted by atomic mass is 10.2. The molecule has 3 aromatic heterocycles. The van der Waals surface area contributed by atoms with E-state index < -0.39 is 0 Å². The third-order valence-electron chi connectivity index (χ3n) is 3.37. The predicted molar refractivity (Wildman–Crippen MR) is 73.7 cm³/mol. The first kappa shape index (κ1) is 11.9. The highest BCUT2D eigenvalue weighted by molar-refractivity contribution is 5.39. The number of imidazole rings is 1. The van der Waals surface area contributed by atoms with Gasteiger partial charge in [0, 0.05) is 43.8 Å². The molecule has 5 heteroatoms. The fourth-order valence-electron chi connectivity index (χ4n) is 2.12. The van der Waals surface area contributed by atoms with Crippen LogP contribution in [0.5, 0.6) is 0 Å². The number of nitrogens with zero attached hydrogens (tertiary/aromatic N) is 4. The Morgan fingerprint density at radius 2 is 2.16 bits per heavy atom. The first-order chi connectivity index (χ1) is 9.24. The Bertz CT molecular complexity index is 662. The van der Waals surface area contributed by atoms with Crippen LogP contribution in [0, 0.1) is 6.92 Å². The van der Waals surface area contributed by atoms with Gasteiger partial charge in [-0.1, -0.05) is 6.07 Å². The monoisotopic (exact) mass is 255 g/mol. The third-order valence-corrected chi connectivity index (χ3v) is 3.37. The molecule has 5 nitrogen and oxygen atoms in total. The molecule has 0 radical (unpaired) electrons. The Kier molecular flexibility index (Phi) is 3.05. The number of hydrogen-bond donors (Lipinski definition) is 1. The lowest BCUT2D eigenvalue weighted by molar-refractivity contribution is 0.675. The van der Waals surface area contributed by atoms with Crippen LogP contribution in [0.15, 0.2) is 36.8 Å². The molecular formula is C14H17N5. The van der Waals surface area contributed by atoms with Crippen molar-refractivity contribution in [3.05, 3.63) is 53.7 Å². The highest BCUT2D eigenvalue weighted by Gasteiger charge is 2.04. The molecule has 0 bridgehead atoms. The van der Waals surface area contributed by atoms with E-state index in [1.807, 2.05) is 46.7 Å². The molecule has 3 aromatic rings. The molecule has 3 rings (SSSR count). The average Bonchev–Trinajstić information content (AvgIpc) is 2.96. The third kappa shape index (κ3) is 2.37. The van der Waals surface area contributed by atoms with Gasteiger partial charge in [-0.25, -0.2) is 4.98 Å². The highest BCUT2D eigenvalue weighted by atomic mass is 15.3. The maximum atomic E-state index is 4.55. The van der Waals surface area contributed by atoms with Gasteiger partial charge in [0.1, 0.15) is 5.65 Å². The summed E-state index contributed by atoms with van der Waals surface area (Å²) in [5.74, 6) is 0. The van der Waals surface area contributed by atoms with Crippen LogP contribution >= 0.6 is 0 Å². The predicted octanol–water partition coefficient (Wildman–Crippen LogP) is 1.67. The Morgan fingerprint density at radius 1 is 1.26 bits per heavy atom. The summed E-state index contributed by atoms with van der Waals surface area (Å²) in [5, 5.41) is 7.64. The standard InChI is InChI=1S/C14H17N5/c1-11-12(8-16-18(11)2)7-15-9-13-10-19-6-4-3-5-14(19)17-13/h3-6,8,10,15H,7,9H2,1-2H3. The second-order valence-electron chi connectivity index (χ2n) is 4.68. The van der Waals surface area contributed by atoms with Crippen LogP contribution in [-0.2, 0) is 20.1 Å². The first-order valence-electron chi connectivity index (χ1n) is 6.35. The molecule has 19 heavy (non-hydrogen) atoms. The van der Waals surface area contributed by atoms with E-state index in [4.69, 9.17) is 0 Å². The van der Waals surface area contributed by atoms with E-state index in [0.29, 0.717) is 0 Å². The van der Waals surface area contributed by atoms with Crippen molar-refractivity contribution in [3.63, 3.8) is 0 Å². The Morgan fingerprint density at radius 3 is 2.89 bits per heavy atom. The molecule has 0 aliphatic heterocycles. The van der Waals surface area contributed by atoms with Crippen LogP contribution in [0.3, 0.4) is 0 Å². The Labute approximate surface area is 111 Å². The maximum Gasteiger partial charge on any atom is 0.137 e. The quantitative estimate of drug-likeness (QED) is 0.771. The van der Waals surface area contributed by atoms with Crippen molar-refractivity contribution >= 4 is 5.65 Å². The molecule has 1 N–H and O–H groups in total. The van der Waals surface area contributed by atoms with Crippen LogP contribution in [0.2, 0.25) is 0 Å². The van der Waals surface area contributed by atoms with Crippen molar-refractivity contribution in [3.8, 4) is 0 Å². The highest BCUT2D eigenvalue weighted by Crippen LogP contribution is 2.07. The summed E-state index contributed by atoms with van der Waals surface area (Å²) in [6, 6.07) is 6.01. The molecule has 0 aromatic carbocycles. The Hall–Kier alpha value is -2.14. The smallest absolute Gasteiger partial charge is 0.137 e. The fraction of sp³-hybridized carbons (Fsp3) is 0.286. The number of fused-ring (bicyclic) bond motifs is 1. The van der Waals surface area contributed by atoms with Gasteiger partial charge in [0.2, 0.25) is 0 Å². The fourth-order valence-corrected chi connectivity index (χ4v) is 2.12. The van der Waals surface area contributed by atoms with Crippen molar-refractivity contribution in [2.45, 2.75) is 20.0 Å². The summed E-state index contributed by atoms with van der Waals surface area (Å²) in [4.78, 5) is 4.55. The minimum absolute atomic E-state index is 0.760. The molecule has 0 spiro atoms. The topological polar surface area (TPSA) is 47.1 Å². The summed E-state index contributed by atoms with van der Waals surface area (Å²) >= 11 is 0. The number of hydrogen-bond acceptors (Lipinski definition) is 3. The van der Waals surface area contributed by atoms with E-state index >= 15 is 0 Å². The van der Waals surface area contributed by atoms with Gasteiger partial charge in [-0.2, -0.15) is 5.10 Å². The summed E-state index contributed by atoms with van der Waals surface area (Å²) in [7, 11) is 1.96. The molecule has 3 heterocycles. The van der Waals surface area contributed by atoms with Crippen molar-refractivity contribution in [2.75, 3.05) is 0 Å². The minimum Gasteiger partial charge on any atom is -0.307 e. The zero-order valence-electron chi connectivity index (χ0n) is 11.2. The van der Waals surface area contributed by atoms with Gasteiger partial charge >= 0.3 is 0 Å². The van der Waals surface area contributed by atoms with Gasteiger partial charge in [-0.3, -0.25) is 4.68 Å². The van der Waals surface area contributed by atoms with E-state index in [1.165, 1.54) is 11.3 Å². The van der Waals surface area contributed by atoms with E-state index in [9.17, 15) is 0 Å². The van der Waals surface area contributed by atoms with Crippen molar-refractivity contribution in [1.29, 1.82) is 0 Å². The first-order valence-corrected chi connectivity index (χ1v) is 6.35. The average molecular weight is 255 g/mol. The second-order valence-corrected chi connectivity index (χ2v) is 4.68. The molecule has 0 amide bonds. The molecular weight excluding hydrogens is 238 g/mol. The van der Waals surface area contributed by atoms with E-state index in [1.54, 1.807) is 0 Å². The number of aromatic nitrogens is 4. The normalized spacial score (nSPS) is 11.3. The molecule has 0 fully saturated rings. The van der Waals surface area contributed by atoms with Crippen LogP contribution in [-0.4, -0.2) is 19.2 Å². The molecule has 0 aliphatic rings. The van der Waals surface area contributed by atoms with Crippen LogP contribution in [0.25, 0.3) is 5.65 Å². The molecule has 0 atom stereocenters. The number of nitrogens with one attached hydrogen (secondary N) is 1. The zero-order chi connectivity index (χ0) is 13.2. The van der Waals surface area contributed by atoms with Gasteiger partial charge in [-0.15, -0.1) is 0 Å². The minimum atomic E-state index is 0.760. The summed E-state index contributed by atoms with van der Waals surface area (Å²) in [6.07, 6.45) is 5.97. The van der Waals surface area contributed by atoms with Gasteiger partial charge in [-0.05, 0) is 19.1 Å². The van der Waals surface area contributed by atoms with Crippen molar-refractivity contribution in [2.24, 2.45) is 7.05 Å². The largest absolute Gasteiger partial charge is 0.307 e. The maximum absolute atomic E-state index is 4.55. The molecule has 98 valence electrons. The van der Waals surface area contributed by atoms with Crippen LogP contribution in [0.4, 0.5) is 0 Å². The SMILES string of the molecule is Cc1c(CNCc2cn3ccccc3n2)cnn1C. The van der Waals surface area contributed by atoms with Gasteiger partial charge in [0.05, 0.1) is 11.9 Å². The van der Waals surface area contributed by atoms with E-state index in [-0.39, 0.29) is 0 Å². The molecule has 0 unspecified atom stereocenters. The molecule has 0 saturated heterocycles. The van der Waals surface area contributed by atoms with Gasteiger partial charge in [0.15, 0.2) is 0 Å². The van der Waals surface area contributed by atoms with Gasteiger partial charge in [0.25, 0.3) is 0 Å². The lowest BCUT2D eigenvalue weighted by Gasteiger charge is -2.02. The summed E-state index contributed by atoms with van der Waals surface area (Å²) in [6.45, 7) is 3.65. The van der Waals surface area contributed by atoms with Gasteiger partial charge < -0.3 is 9.72 Å². The number of pyridine rings is 1. The molecule has 0 saturated carbocycles. The van der Waals surface area contributed by atoms with Crippen LogP contribution in [0.1, 0.15) is 17.0 Å².